The molecule has 1 aliphatic heterocycles. The fourth-order valence-corrected chi connectivity index (χ4v) is 4.03. The van der Waals surface area contributed by atoms with Crippen molar-refractivity contribution in [2.75, 3.05) is 13.1 Å². The summed E-state index contributed by atoms with van der Waals surface area (Å²) in [5, 5.41) is 11.7. The molecule has 1 aromatic rings. The Kier molecular flexibility index (Phi) is 4.70. The number of rotatable bonds is 2. The van der Waals surface area contributed by atoms with E-state index in [0.29, 0.717) is 33.6 Å². The van der Waals surface area contributed by atoms with Crippen LogP contribution in [-0.2, 0) is 0 Å². The predicted octanol–water partition coefficient (Wildman–Crippen LogP) is 3.32. The largest absolute Gasteiger partial charge is 0.336 e. The van der Waals surface area contributed by atoms with Crippen molar-refractivity contribution in [2.24, 2.45) is 0 Å². The standard InChI is InChI=1S/C13H15BrN2O3S/c1-8-6-15(7-9(2)20-8)13(17)10-3-4-11(14)12(5-10)16(18)19/h3-5,8-9H,6-7H2,1-2H3. The molecule has 1 aliphatic rings. The Labute approximate surface area is 130 Å². The fourth-order valence-electron chi connectivity index (χ4n) is 2.31. The molecule has 1 saturated heterocycles. The van der Waals surface area contributed by atoms with Gasteiger partial charge in [-0.1, -0.05) is 13.8 Å². The molecule has 0 bridgehead atoms. The predicted molar refractivity (Wildman–Crippen MR) is 83.2 cm³/mol. The average molecular weight is 359 g/mol. The van der Waals surface area contributed by atoms with E-state index < -0.39 is 4.92 Å². The van der Waals surface area contributed by atoms with E-state index in [1.165, 1.54) is 6.07 Å². The average Bonchev–Trinajstić information content (AvgIpc) is 2.37. The maximum atomic E-state index is 12.5. The molecular weight excluding hydrogens is 344 g/mol. The summed E-state index contributed by atoms with van der Waals surface area (Å²) in [6.07, 6.45) is 0. The molecule has 0 N–H and O–H groups in total. The molecule has 1 amide bonds. The number of hydrogen-bond donors (Lipinski definition) is 0. The maximum absolute atomic E-state index is 12.5. The highest BCUT2D eigenvalue weighted by atomic mass is 79.9. The van der Waals surface area contributed by atoms with Gasteiger partial charge in [-0.25, -0.2) is 0 Å². The van der Waals surface area contributed by atoms with Gasteiger partial charge in [0.25, 0.3) is 11.6 Å². The summed E-state index contributed by atoms with van der Waals surface area (Å²) < 4.78 is 0.384. The summed E-state index contributed by atoms with van der Waals surface area (Å²) >= 11 is 4.98. The maximum Gasteiger partial charge on any atom is 0.284 e. The second kappa shape index (κ2) is 6.13. The summed E-state index contributed by atoms with van der Waals surface area (Å²) in [7, 11) is 0. The van der Waals surface area contributed by atoms with E-state index in [2.05, 4.69) is 29.8 Å². The van der Waals surface area contributed by atoms with E-state index in [9.17, 15) is 14.9 Å². The molecule has 1 aromatic carbocycles. The normalized spacial score (nSPS) is 22.6. The van der Waals surface area contributed by atoms with Crippen LogP contribution in [0.2, 0.25) is 0 Å². The van der Waals surface area contributed by atoms with E-state index >= 15 is 0 Å². The Morgan fingerprint density at radius 1 is 1.40 bits per heavy atom. The van der Waals surface area contributed by atoms with Crippen LogP contribution in [0.3, 0.4) is 0 Å². The second-order valence-corrected chi connectivity index (χ2v) is 7.63. The highest BCUT2D eigenvalue weighted by molar-refractivity contribution is 9.10. The minimum Gasteiger partial charge on any atom is -0.336 e. The molecule has 2 unspecified atom stereocenters. The molecular formula is C13H15BrN2O3S. The first kappa shape index (κ1) is 15.3. The van der Waals surface area contributed by atoms with E-state index in [0.717, 1.165) is 0 Å². The van der Waals surface area contributed by atoms with Crippen LogP contribution in [0.5, 0.6) is 0 Å². The van der Waals surface area contributed by atoms with Gasteiger partial charge in [-0.3, -0.25) is 14.9 Å². The van der Waals surface area contributed by atoms with Crippen LogP contribution < -0.4 is 0 Å². The zero-order valence-corrected chi connectivity index (χ0v) is 13.6. The van der Waals surface area contributed by atoms with Crippen LogP contribution in [0, 0.1) is 10.1 Å². The van der Waals surface area contributed by atoms with Crippen molar-refractivity contribution in [3.8, 4) is 0 Å². The number of thioether (sulfide) groups is 1. The third-order valence-electron chi connectivity index (χ3n) is 3.10. The number of nitro benzene ring substituents is 1. The highest BCUT2D eigenvalue weighted by Crippen LogP contribution is 2.29. The lowest BCUT2D eigenvalue weighted by atomic mass is 10.1. The molecule has 2 atom stereocenters. The number of nitrogens with zero attached hydrogens (tertiary/aromatic N) is 2. The monoisotopic (exact) mass is 358 g/mol. The van der Waals surface area contributed by atoms with Crippen molar-refractivity contribution in [2.45, 2.75) is 24.3 Å². The topological polar surface area (TPSA) is 63.5 Å². The van der Waals surface area contributed by atoms with Gasteiger partial charge in [0, 0.05) is 35.2 Å². The summed E-state index contributed by atoms with van der Waals surface area (Å²) in [4.78, 5) is 24.7. The molecule has 0 aliphatic carbocycles. The Bertz CT molecular complexity index is 542. The van der Waals surface area contributed by atoms with Crippen molar-refractivity contribution in [1.82, 2.24) is 4.90 Å². The smallest absolute Gasteiger partial charge is 0.284 e. The van der Waals surface area contributed by atoms with Gasteiger partial charge in [-0.15, -0.1) is 0 Å². The highest BCUT2D eigenvalue weighted by Gasteiger charge is 2.27. The van der Waals surface area contributed by atoms with Gasteiger partial charge in [0.2, 0.25) is 0 Å². The van der Waals surface area contributed by atoms with Gasteiger partial charge in [-0.05, 0) is 28.1 Å². The molecule has 0 radical (unpaired) electrons. The van der Waals surface area contributed by atoms with Crippen LogP contribution in [-0.4, -0.2) is 39.3 Å². The van der Waals surface area contributed by atoms with Crippen molar-refractivity contribution < 1.29 is 9.72 Å². The van der Waals surface area contributed by atoms with E-state index in [-0.39, 0.29) is 11.6 Å². The van der Waals surface area contributed by atoms with Crippen LogP contribution in [0.1, 0.15) is 24.2 Å². The summed E-state index contributed by atoms with van der Waals surface area (Å²) in [6, 6.07) is 4.51. The Hall–Kier alpha value is -1.08. The molecule has 20 heavy (non-hydrogen) atoms. The Morgan fingerprint density at radius 2 is 2.00 bits per heavy atom. The van der Waals surface area contributed by atoms with Crippen molar-refractivity contribution in [3.05, 3.63) is 38.3 Å². The third-order valence-corrected chi connectivity index (χ3v) is 4.99. The Morgan fingerprint density at radius 3 is 2.55 bits per heavy atom. The van der Waals surface area contributed by atoms with Crippen molar-refractivity contribution in [1.29, 1.82) is 0 Å². The first-order chi connectivity index (χ1) is 9.38. The molecule has 0 aromatic heterocycles. The van der Waals surface area contributed by atoms with Gasteiger partial charge in [0.1, 0.15) is 0 Å². The van der Waals surface area contributed by atoms with Gasteiger partial charge < -0.3 is 4.90 Å². The molecule has 0 spiro atoms. The molecule has 7 heteroatoms. The minimum absolute atomic E-state index is 0.0802. The lowest BCUT2D eigenvalue weighted by Crippen LogP contribution is -2.44. The number of hydrogen-bond acceptors (Lipinski definition) is 4. The molecule has 0 saturated carbocycles. The number of halogens is 1. The summed E-state index contributed by atoms with van der Waals surface area (Å²) in [5.41, 5.74) is 0.287. The first-order valence-corrected chi connectivity index (χ1v) is 8.00. The van der Waals surface area contributed by atoms with E-state index in [1.54, 1.807) is 17.0 Å². The Balaban J connectivity index is 2.25. The third kappa shape index (κ3) is 3.32. The molecule has 1 fully saturated rings. The molecule has 5 nitrogen and oxygen atoms in total. The fraction of sp³-hybridized carbons (Fsp3) is 0.462. The van der Waals surface area contributed by atoms with Crippen molar-refractivity contribution in [3.63, 3.8) is 0 Å². The van der Waals surface area contributed by atoms with Gasteiger partial charge in [-0.2, -0.15) is 11.8 Å². The van der Waals surface area contributed by atoms with E-state index in [4.69, 9.17) is 0 Å². The lowest BCUT2D eigenvalue weighted by Gasteiger charge is -2.34. The van der Waals surface area contributed by atoms with Crippen LogP contribution >= 0.6 is 27.7 Å². The van der Waals surface area contributed by atoms with Crippen LogP contribution in [0.4, 0.5) is 5.69 Å². The number of amides is 1. The number of carbonyl (C=O) groups is 1. The zero-order chi connectivity index (χ0) is 14.9. The zero-order valence-electron chi connectivity index (χ0n) is 11.2. The summed E-state index contributed by atoms with van der Waals surface area (Å²) in [6.45, 7) is 5.53. The molecule has 2 rings (SSSR count). The van der Waals surface area contributed by atoms with Gasteiger partial charge >= 0.3 is 0 Å². The quantitative estimate of drug-likeness (QED) is 0.600. The summed E-state index contributed by atoms with van der Waals surface area (Å²) in [5.74, 6) is -0.139. The lowest BCUT2D eigenvalue weighted by molar-refractivity contribution is -0.385. The van der Waals surface area contributed by atoms with E-state index in [1.807, 2.05) is 11.8 Å². The van der Waals surface area contributed by atoms with Gasteiger partial charge in [0.15, 0.2) is 0 Å². The minimum atomic E-state index is -0.488. The van der Waals surface area contributed by atoms with Crippen LogP contribution in [0.25, 0.3) is 0 Å². The SMILES string of the molecule is CC1CN(C(=O)c2ccc(Br)c([N+](=O)[O-])c2)CC(C)S1. The number of nitro groups is 1. The molecule has 108 valence electrons. The van der Waals surface area contributed by atoms with Gasteiger partial charge in [0.05, 0.1) is 9.40 Å². The molecule has 1 heterocycles. The number of carbonyl (C=O) groups excluding carboxylic acids is 1. The first-order valence-electron chi connectivity index (χ1n) is 6.27. The van der Waals surface area contributed by atoms with Crippen LogP contribution in [0.15, 0.2) is 22.7 Å². The number of benzene rings is 1. The second-order valence-electron chi connectivity index (χ2n) is 4.89. The van der Waals surface area contributed by atoms with Crippen molar-refractivity contribution >= 4 is 39.3 Å².